The molecule has 1 rings (SSSR count). The zero-order valence-electron chi connectivity index (χ0n) is 8.19. The number of aromatic nitrogens is 2. The van der Waals surface area contributed by atoms with Crippen molar-refractivity contribution in [3.63, 3.8) is 0 Å². The van der Waals surface area contributed by atoms with Crippen molar-refractivity contribution in [3.8, 4) is 18.2 Å². The lowest BCUT2D eigenvalue weighted by Crippen LogP contribution is -2.29. The first-order valence-corrected chi connectivity index (χ1v) is 4.61. The van der Waals surface area contributed by atoms with Gasteiger partial charge in [-0.3, -0.25) is 14.3 Å². The Labute approximate surface area is 86.4 Å². The highest BCUT2D eigenvalue weighted by Crippen LogP contribution is 2.03. The molecule has 0 fully saturated rings. The van der Waals surface area contributed by atoms with E-state index in [1.54, 1.807) is 0 Å². The fourth-order valence-corrected chi connectivity index (χ4v) is 1.22. The predicted molar refractivity (Wildman–Crippen MR) is 55.7 cm³/mol. The zero-order valence-corrected chi connectivity index (χ0v) is 8.19. The Bertz CT molecular complexity index is 479. The summed E-state index contributed by atoms with van der Waals surface area (Å²) in [5, 5.41) is 9.33. The Morgan fingerprint density at radius 3 is 2.80 bits per heavy atom. The lowest BCUT2D eigenvalue weighted by Gasteiger charge is -2.05. The van der Waals surface area contributed by atoms with E-state index in [9.17, 15) is 14.7 Å². The van der Waals surface area contributed by atoms with Crippen LogP contribution in [0.3, 0.4) is 0 Å². The van der Waals surface area contributed by atoms with Gasteiger partial charge in [0.25, 0.3) is 5.56 Å². The summed E-state index contributed by atoms with van der Waals surface area (Å²) in [5.74, 6) is 2.17. The largest absolute Gasteiger partial charge is 0.494 e. The van der Waals surface area contributed by atoms with Gasteiger partial charge in [-0.2, -0.15) is 0 Å². The van der Waals surface area contributed by atoms with Crippen LogP contribution in [0.4, 0.5) is 0 Å². The quantitative estimate of drug-likeness (QED) is 0.542. The van der Waals surface area contributed by atoms with Crippen LogP contribution in [0.5, 0.6) is 5.88 Å². The van der Waals surface area contributed by atoms with Crippen LogP contribution in [0.15, 0.2) is 15.7 Å². The molecule has 5 heteroatoms. The Morgan fingerprint density at radius 1 is 1.47 bits per heavy atom. The highest BCUT2D eigenvalue weighted by Gasteiger charge is 2.03. The summed E-state index contributed by atoms with van der Waals surface area (Å²) in [6, 6.07) is 0.975. The maximum atomic E-state index is 11.2. The van der Waals surface area contributed by atoms with Crippen LogP contribution in [-0.4, -0.2) is 14.7 Å². The minimum atomic E-state index is -0.600. The number of unbranched alkanes of at least 4 members (excludes halogenated alkanes) is 2. The molecule has 0 saturated heterocycles. The number of H-pyrrole nitrogens is 1. The highest BCUT2D eigenvalue weighted by molar-refractivity contribution is 5.05. The Balaban J connectivity index is 2.74. The van der Waals surface area contributed by atoms with Crippen LogP contribution in [0.1, 0.15) is 19.3 Å². The molecular weight excluding hydrogens is 196 g/mol. The molecule has 1 aromatic rings. The van der Waals surface area contributed by atoms with E-state index in [-0.39, 0.29) is 5.88 Å². The lowest BCUT2D eigenvalue weighted by atomic mass is 10.2. The Morgan fingerprint density at radius 2 is 2.20 bits per heavy atom. The molecule has 5 nitrogen and oxygen atoms in total. The summed E-state index contributed by atoms with van der Waals surface area (Å²) in [7, 11) is 0. The minimum absolute atomic E-state index is 0.315. The van der Waals surface area contributed by atoms with E-state index in [0.717, 1.165) is 17.1 Å². The third kappa shape index (κ3) is 3.02. The molecule has 0 bridgehead atoms. The van der Waals surface area contributed by atoms with Gasteiger partial charge in [-0.25, -0.2) is 4.79 Å². The summed E-state index contributed by atoms with van der Waals surface area (Å²) >= 11 is 0. The molecule has 15 heavy (non-hydrogen) atoms. The van der Waals surface area contributed by atoms with Crippen molar-refractivity contribution in [1.29, 1.82) is 0 Å². The fraction of sp³-hybridized carbons (Fsp3) is 0.400. The van der Waals surface area contributed by atoms with Crippen molar-refractivity contribution in [2.45, 2.75) is 25.8 Å². The molecule has 0 amide bonds. The minimum Gasteiger partial charge on any atom is -0.494 e. The number of terminal acetylenes is 1. The third-order valence-electron chi connectivity index (χ3n) is 1.96. The molecule has 0 unspecified atom stereocenters. The Hall–Kier alpha value is -1.96. The van der Waals surface area contributed by atoms with Crippen molar-refractivity contribution in [2.24, 2.45) is 0 Å². The molecule has 80 valence electrons. The first-order chi connectivity index (χ1) is 7.15. The van der Waals surface area contributed by atoms with Gasteiger partial charge in [-0.1, -0.05) is 0 Å². The molecule has 0 saturated carbocycles. The van der Waals surface area contributed by atoms with Gasteiger partial charge in [0.2, 0.25) is 5.88 Å². The van der Waals surface area contributed by atoms with Crippen LogP contribution in [0, 0.1) is 12.3 Å². The molecule has 0 aliphatic heterocycles. The second-order valence-corrected chi connectivity index (χ2v) is 3.11. The maximum absolute atomic E-state index is 11.2. The number of nitrogens with zero attached hydrogens (tertiary/aromatic N) is 1. The molecule has 2 N–H and O–H groups in total. The van der Waals surface area contributed by atoms with Gasteiger partial charge in [0, 0.05) is 13.0 Å². The number of hydrogen-bond donors (Lipinski definition) is 2. The van der Waals surface area contributed by atoms with E-state index in [0.29, 0.717) is 19.4 Å². The van der Waals surface area contributed by atoms with Crippen molar-refractivity contribution in [3.05, 3.63) is 26.9 Å². The van der Waals surface area contributed by atoms with Crippen LogP contribution in [0.25, 0.3) is 0 Å². The number of aromatic hydroxyl groups is 1. The van der Waals surface area contributed by atoms with Crippen molar-refractivity contribution in [1.82, 2.24) is 9.55 Å². The molecule has 0 atom stereocenters. The molecule has 0 aliphatic carbocycles. The topological polar surface area (TPSA) is 75.1 Å². The van der Waals surface area contributed by atoms with Crippen LogP contribution >= 0.6 is 0 Å². The molecular formula is C10H12N2O3. The highest BCUT2D eigenvalue weighted by atomic mass is 16.3. The summed E-state index contributed by atoms with van der Waals surface area (Å²) in [5.41, 5.74) is -1.20. The summed E-state index contributed by atoms with van der Waals surface area (Å²) in [6.07, 6.45) is 7.17. The van der Waals surface area contributed by atoms with Gasteiger partial charge in [-0.15, -0.1) is 12.3 Å². The van der Waals surface area contributed by atoms with E-state index >= 15 is 0 Å². The normalized spacial score (nSPS) is 9.80. The monoisotopic (exact) mass is 208 g/mol. The average molecular weight is 208 g/mol. The van der Waals surface area contributed by atoms with Gasteiger partial charge >= 0.3 is 5.69 Å². The van der Waals surface area contributed by atoms with Gasteiger partial charge in [0.1, 0.15) is 0 Å². The van der Waals surface area contributed by atoms with Crippen LogP contribution < -0.4 is 11.2 Å². The van der Waals surface area contributed by atoms with E-state index < -0.39 is 11.2 Å². The smallest absolute Gasteiger partial charge is 0.331 e. The van der Waals surface area contributed by atoms with Gasteiger partial charge < -0.3 is 5.11 Å². The van der Waals surface area contributed by atoms with Crippen LogP contribution in [0.2, 0.25) is 0 Å². The number of hydrogen-bond acceptors (Lipinski definition) is 3. The molecule has 1 aromatic heterocycles. The number of nitrogens with one attached hydrogen (secondary N) is 1. The lowest BCUT2D eigenvalue weighted by molar-refractivity contribution is 0.395. The first kappa shape index (κ1) is 11.1. The van der Waals surface area contributed by atoms with Gasteiger partial charge in [-0.05, 0) is 12.8 Å². The molecule has 0 aliphatic rings. The summed E-state index contributed by atoms with van der Waals surface area (Å²) in [4.78, 5) is 24.1. The second-order valence-electron chi connectivity index (χ2n) is 3.11. The van der Waals surface area contributed by atoms with Crippen molar-refractivity contribution in [2.75, 3.05) is 0 Å². The van der Waals surface area contributed by atoms with E-state index in [4.69, 9.17) is 6.42 Å². The second kappa shape index (κ2) is 5.05. The summed E-state index contributed by atoms with van der Waals surface area (Å²) in [6.45, 7) is 0.350. The molecule has 1 heterocycles. The van der Waals surface area contributed by atoms with Crippen molar-refractivity contribution < 1.29 is 5.11 Å². The third-order valence-corrected chi connectivity index (χ3v) is 1.96. The number of aromatic amines is 1. The fourth-order valence-electron chi connectivity index (χ4n) is 1.22. The molecule has 0 aromatic carbocycles. The van der Waals surface area contributed by atoms with E-state index in [1.807, 2.05) is 0 Å². The van der Waals surface area contributed by atoms with E-state index in [2.05, 4.69) is 10.9 Å². The first-order valence-electron chi connectivity index (χ1n) is 4.61. The zero-order chi connectivity index (χ0) is 11.3. The SMILES string of the molecule is C#CCCCCn1c(O)cc(=O)[nH]c1=O. The number of rotatable bonds is 4. The standard InChI is InChI=1S/C10H12N2O3/c1-2-3-4-5-6-12-9(14)7-8(13)11-10(12)15/h1,7,14H,3-6H2,(H,11,13,15). The van der Waals surface area contributed by atoms with Gasteiger partial charge in [0.05, 0.1) is 6.07 Å². The van der Waals surface area contributed by atoms with Gasteiger partial charge in [0.15, 0.2) is 0 Å². The molecule has 0 radical (unpaired) electrons. The molecule has 0 spiro atoms. The predicted octanol–water partition coefficient (Wildman–Crippen LogP) is 0.0457. The van der Waals surface area contributed by atoms with Crippen molar-refractivity contribution >= 4 is 0 Å². The average Bonchev–Trinajstić information content (AvgIpc) is 2.15. The van der Waals surface area contributed by atoms with E-state index in [1.165, 1.54) is 0 Å². The summed E-state index contributed by atoms with van der Waals surface area (Å²) < 4.78 is 1.11. The van der Waals surface area contributed by atoms with Crippen LogP contribution in [-0.2, 0) is 6.54 Å². The Kier molecular flexibility index (Phi) is 3.75. The maximum Gasteiger partial charge on any atom is 0.331 e.